The Labute approximate surface area is 139 Å². The molecule has 3 aromatic rings. The molecule has 1 fully saturated rings. The van der Waals surface area contributed by atoms with Crippen LogP contribution in [0.1, 0.15) is 23.2 Å². The second-order valence-electron chi connectivity index (χ2n) is 6.18. The molecule has 1 N–H and O–H groups in total. The van der Waals surface area contributed by atoms with E-state index >= 15 is 0 Å². The maximum absolute atomic E-state index is 12.7. The van der Waals surface area contributed by atoms with Crippen LogP contribution in [0.3, 0.4) is 0 Å². The number of hydrogen-bond acceptors (Lipinski definition) is 2. The van der Waals surface area contributed by atoms with E-state index in [0.717, 1.165) is 29.3 Å². The maximum Gasteiger partial charge on any atom is 0.260 e. The Morgan fingerprint density at radius 3 is 2.46 bits per heavy atom. The van der Waals surface area contributed by atoms with Gasteiger partial charge in [-0.1, -0.05) is 54.6 Å². The maximum atomic E-state index is 12.7. The molecule has 118 valence electrons. The van der Waals surface area contributed by atoms with Gasteiger partial charge in [-0.25, -0.2) is 0 Å². The molecule has 1 aliphatic carbocycles. The lowest BCUT2D eigenvalue weighted by atomic mass is 9.94. The molecular formula is C21H17NO2. The molecule has 0 spiro atoms. The number of H-pyrrole nitrogens is 1. The van der Waals surface area contributed by atoms with Crippen LogP contribution in [0.15, 0.2) is 71.5 Å². The zero-order chi connectivity index (χ0) is 16.5. The van der Waals surface area contributed by atoms with E-state index < -0.39 is 0 Å². The molecule has 3 nitrogen and oxygen atoms in total. The fourth-order valence-corrected chi connectivity index (χ4v) is 2.98. The summed E-state index contributed by atoms with van der Waals surface area (Å²) in [6.07, 6.45) is 5.74. The van der Waals surface area contributed by atoms with Crippen molar-refractivity contribution in [1.29, 1.82) is 0 Å². The third kappa shape index (κ3) is 2.69. The Balaban J connectivity index is 1.99. The number of carbonyl (C=O) groups excluding carboxylic acids is 1. The number of benzene rings is 2. The first-order chi connectivity index (χ1) is 11.7. The Kier molecular flexibility index (Phi) is 3.62. The first-order valence-electron chi connectivity index (χ1n) is 8.17. The minimum absolute atomic E-state index is 0.219. The highest BCUT2D eigenvalue weighted by molar-refractivity contribution is 6.13. The molecule has 4 rings (SSSR count). The average Bonchev–Trinajstić information content (AvgIpc) is 3.43. The minimum Gasteiger partial charge on any atom is -0.321 e. The summed E-state index contributed by atoms with van der Waals surface area (Å²) >= 11 is 0. The second kappa shape index (κ2) is 5.93. The molecule has 0 aliphatic heterocycles. The number of allylic oxidation sites excluding steroid dienone is 2. The van der Waals surface area contributed by atoms with E-state index in [1.165, 1.54) is 0 Å². The number of pyridine rings is 1. The van der Waals surface area contributed by atoms with Gasteiger partial charge in [-0.15, -0.1) is 0 Å². The number of aromatic nitrogens is 1. The van der Waals surface area contributed by atoms with Crippen LogP contribution >= 0.6 is 0 Å². The van der Waals surface area contributed by atoms with Crippen LogP contribution in [0.2, 0.25) is 0 Å². The molecule has 0 bridgehead atoms. The lowest BCUT2D eigenvalue weighted by molar-refractivity contribution is 0.104. The van der Waals surface area contributed by atoms with Gasteiger partial charge in [0.05, 0.1) is 5.56 Å². The molecule has 1 heterocycles. The number of rotatable bonds is 4. The van der Waals surface area contributed by atoms with E-state index in [2.05, 4.69) is 4.98 Å². The van der Waals surface area contributed by atoms with Gasteiger partial charge in [0.1, 0.15) is 0 Å². The molecule has 1 saturated carbocycles. The van der Waals surface area contributed by atoms with E-state index in [9.17, 15) is 9.59 Å². The molecule has 3 heteroatoms. The van der Waals surface area contributed by atoms with Gasteiger partial charge in [0.2, 0.25) is 0 Å². The molecule has 0 unspecified atom stereocenters. The van der Waals surface area contributed by atoms with Crippen LogP contribution < -0.4 is 5.56 Å². The number of aromatic amines is 1. The van der Waals surface area contributed by atoms with Gasteiger partial charge < -0.3 is 4.98 Å². The van der Waals surface area contributed by atoms with Crippen molar-refractivity contribution in [2.45, 2.75) is 12.8 Å². The van der Waals surface area contributed by atoms with Crippen molar-refractivity contribution in [2.24, 2.45) is 5.92 Å². The Hall–Kier alpha value is -2.94. The molecule has 0 atom stereocenters. The highest BCUT2D eigenvalue weighted by atomic mass is 16.1. The minimum atomic E-state index is -0.335. The van der Waals surface area contributed by atoms with Crippen LogP contribution in [0.4, 0.5) is 0 Å². The summed E-state index contributed by atoms with van der Waals surface area (Å²) in [5, 5.41) is 0.881. The Morgan fingerprint density at radius 2 is 1.71 bits per heavy atom. The number of carbonyl (C=O) groups is 1. The topological polar surface area (TPSA) is 49.9 Å². The van der Waals surface area contributed by atoms with Crippen LogP contribution in [0.5, 0.6) is 0 Å². The third-order valence-electron chi connectivity index (χ3n) is 4.37. The van der Waals surface area contributed by atoms with Gasteiger partial charge in [-0.2, -0.15) is 0 Å². The zero-order valence-electron chi connectivity index (χ0n) is 13.2. The van der Waals surface area contributed by atoms with Crippen molar-refractivity contribution in [1.82, 2.24) is 4.98 Å². The fourth-order valence-electron chi connectivity index (χ4n) is 2.98. The highest BCUT2D eigenvalue weighted by Gasteiger charge is 2.21. The summed E-state index contributed by atoms with van der Waals surface area (Å²) in [5.74, 6) is 0.265. The van der Waals surface area contributed by atoms with Crippen molar-refractivity contribution in [3.8, 4) is 11.1 Å². The van der Waals surface area contributed by atoms with Crippen LogP contribution in [-0.2, 0) is 0 Å². The largest absolute Gasteiger partial charge is 0.321 e. The number of hydrogen-bond donors (Lipinski definition) is 1. The molecule has 2 aromatic carbocycles. The molecule has 0 amide bonds. The number of ketones is 1. The van der Waals surface area contributed by atoms with Crippen LogP contribution in [-0.4, -0.2) is 10.8 Å². The zero-order valence-corrected chi connectivity index (χ0v) is 13.2. The summed E-state index contributed by atoms with van der Waals surface area (Å²) in [7, 11) is 0. The van der Waals surface area contributed by atoms with Crippen molar-refractivity contribution in [2.75, 3.05) is 0 Å². The molecule has 24 heavy (non-hydrogen) atoms. The predicted molar refractivity (Wildman–Crippen MR) is 96.2 cm³/mol. The summed E-state index contributed by atoms with van der Waals surface area (Å²) in [5.41, 5.74) is 2.21. The standard InChI is InChI=1S/C21H17NO2/c23-18(13-12-14-10-11-14)20-19(15-6-2-1-3-7-15)16-8-4-5-9-17(16)22-21(20)24/h1-9,12-14H,10-11H2,(H,22,24)/b13-12+. The van der Waals surface area contributed by atoms with Crippen molar-refractivity contribution < 1.29 is 4.79 Å². The van der Waals surface area contributed by atoms with Gasteiger partial charge in [-0.05, 0) is 36.5 Å². The van der Waals surface area contributed by atoms with Gasteiger partial charge in [0.25, 0.3) is 5.56 Å². The van der Waals surface area contributed by atoms with Crippen molar-refractivity contribution in [3.05, 3.63) is 82.7 Å². The molecule has 0 saturated heterocycles. The molecule has 1 aliphatic rings. The monoisotopic (exact) mass is 315 g/mol. The first-order valence-corrected chi connectivity index (χ1v) is 8.17. The molecule has 1 aromatic heterocycles. The summed E-state index contributed by atoms with van der Waals surface area (Å²) in [4.78, 5) is 28.2. The predicted octanol–water partition coefficient (Wildman–Crippen LogP) is 4.34. The average molecular weight is 315 g/mol. The SMILES string of the molecule is O=C(/C=C/C1CC1)c1c(-c2ccccc2)c2ccccc2[nH]c1=O. The smallest absolute Gasteiger partial charge is 0.260 e. The van der Waals surface area contributed by atoms with E-state index in [0.29, 0.717) is 11.5 Å². The number of nitrogens with one attached hydrogen (secondary N) is 1. The fraction of sp³-hybridized carbons (Fsp3) is 0.143. The third-order valence-corrected chi connectivity index (χ3v) is 4.37. The lowest BCUT2D eigenvalue weighted by Crippen LogP contribution is -2.18. The van der Waals surface area contributed by atoms with Gasteiger partial charge in [-0.3, -0.25) is 9.59 Å². The van der Waals surface area contributed by atoms with Gasteiger partial charge in [0.15, 0.2) is 5.78 Å². The van der Waals surface area contributed by atoms with E-state index in [1.54, 1.807) is 6.08 Å². The lowest BCUT2D eigenvalue weighted by Gasteiger charge is -2.11. The summed E-state index contributed by atoms with van der Waals surface area (Å²) in [6.45, 7) is 0. The molecular weight excluding hydrogens is 298 g/mol. The Morgan fingerprint density at radius 1 is 1.00 bits per heavy atom. The summed E-state index contributed by atoms with van der Waals surface area (Å²) in [6, 6.07) is 17.2. The first kappa shape index (κ1) is 14.6. The quantitative estimate of drug-likeness (QED) is 0.575. The van der Waals surface area contributed by atoms with E-state index in [4.69, 9.17) is 0 Å². The van der Waals surface area contributed by atoms with Crippen LogP contribution in [0, 0.1) is 5.92 Å². The normalized spacial score (nSPS) is 14.3. The van der Waals surface area contributed by atoms with Gasteiger partial charge in [0, 0.05) is 16.5 Å². The number of para-hydroxylation sites is 1. The van der Waals surface area contributed by atoms with Crippen molar-refractivity contribution in [3.63, 3.8) is 0 Å². The highest BCUT2D eigenvalue weighted by Crippen LogP contribution is 2.32. The van der Waals surface area contributed by atoms with E-state index in [-0.39, 0.29) is 16.9 Å². The van der Waals surface area contributed by atoms with Crippen LogP contribution in [0.25, 0.3) is 22.0 Å². The summed E-state index contributed by atoms with van der Waals surface area (Å²) < 4.78 is 0. The number of fused-ring (bicyclic) bond motifs is 1. The van der Waals surface area contributed by atoms with Crippen molar-refractivity contribution >= 4 is 16.7 Å². The Bertz CT molecular complexity index is 995. The molecule has 0 radical (unpaired) electrons. The van der Waals surface area contributed by atoms with E-state index in [1.807, 2.05) is 60.7 Å². The van der Waals surface area contributed by atoms with Gasteiger partial charge >= 0.3 is 0 Å². The second-order valence-corrected chi connectivity index (χ2v) is 6.18.